The van der Waals surface area contributed by atoms with Gasteiger partial charge < -0.3 is 153 Å². The van der Waals surface area contributed by atoms with Crippen LogP contribution in [0, 0.1) is 12.5 Å². The zero-order valence-electron chi connectivity index (χ0n) is 48.2. The van der Waals surface area contributed by atoms with Gasteiger partial charge in [-0.3, -0.25) is 0 Å². The molecule has 534 valence electrons. The Hall–Kier alpha value is 4.43. The van der Waals surface area contributed by atoms with E-state index in [0.29, 0.717) is 10.8 Å². The highest BCUT2D eigenvalue weighted by atomic mass is 127. The zero-order valence-corrected chi connectivity index (χ0v) is 65.4. The standard InChI is InChI=1S/C52H79I8O32/c53-5-14-13-3-1-2-4-77-45-31(70)23(62)38(15(6-54)79-45)87-47-33(72)25(64)40(17(8-56)81-47)89-49-35(74)27(66)42(19(10-58)83-49)91-51-37(76)29(68)44(21(12-60)85-51)92-52-36(75)28(67)43(20(11-59)84-52)90-50-34(73)26(65)41(18(9-57)82-50)88-48-32(71)24(63)39(16(7-55)80-48)86-46(78-14)30(69)22(13)61/h4,13-52,61-76H,1-3,5-12H2/q+1. The van der Waals surface area contributed by atoms with Crippen LogP contribution in [0.3, 0.4) is 0 Å². The van der Waals surface area contributed by atoms with Crippen molar-refractivity contribution in [2.75, 3.05) is 35.4 Å². The van der Waals surface area contributed by atoms with Gasteiger partial charge in [0.25, 0.3) is 0 Å². The second-order valence-electron chi connectivity index (χ2n) is 23.5. The number of aliphatic hydroxyl groups excluding tert-OH is 16. The highest BCUT2D eigenvalue weighted by Gasteiger charge is 2.59. The summed E-state index contributed by atoms with van der Waals surface area (Å²) in [5.74, 6) is -0.644. The number of aliphatic hydroxyl groups is 16. The van der Waals surface area contributed by atoms with E-state index >= 15 is 0 Å². The lowest BCUT2D eigenvalue weighted by molar-refractivity contribution is -0.391. The molecule has 27 saturated heterocycles. The van der Waals surface area contributed by atoms with Crippen LogP contribution in [0.5, 0.6) is 0 Å². The van der Waals surface area contributed by atoms with Crippen molar-refractivity contribution in [2.45, 2.75) is 259 Å². The molecule has 40 unspecified atom stereocenters. The molecule has 32 nitrogen and oxygen atoms in total. The van der Waals surface area contributed by atoms with E-state index in [1.54, 1.807) is 0 Å². The minimum Gasteiger partial charge on any atom is -0.390 e. The van der Waals surface area contributed by atoms with E-state index in [2.05, 4.69) is 22.6 Å². The lowest BCUT2D eigenvalue weighted by Crippen LogP contribution is -2.68. The molecule has 27 aliphatic rings. The van der Waals surface area contributed by atoms with E-state index in [9.17, 15) is 81.7 Å². The van der Waals surface area contributed by atoms with Crippen LogP contribution in [0.25, 0.3) is 0 Å². The van der Waals surface area contributed by atoms with Crippen LogP contribution in [0.15, 0.2) is 0 Å². The number of hydrogen-bond donors (Lipinski definition) is 16. The molecule has 27 heterocycles. The SMILES string of the molecule is OC1C2OC(CI)C(CCC[CH+]OC3OC(CI)C(OC4OC(CI)C(OC5OC(CI)C(OC6OC(CI)C(OC7OC(CI)C(OC8OC(CI)C(OC9OC(CI)C(O2)C(O)C9O)C(O)C8O)C(O)C7O)C(O)C6O)C(O)C5O)C(O)C4O)C(O)C3O)C1O. The number of ether oxygens (including phenoxy) is 16. The Bertz CT molecular complexity index is 2240. The van der Waals surface area contributed by atoms with Crippen LogP contribution in [-0.4, -0.2) is 357 Å². The van der Waals surface area contributed by atoms with Gasteiger partial charge in [-0.05, 0) is 12.8 Å². The first-order valence-corrected chi connectivity index (χ1v) is 41.8. The Morgan fingerprint density at radius 3 is 0.630 bits per heavy atom. The van der Waals surface area contributed by atoms with Gasteiger partial charge in [-0.15, -0.1) is 0 Å². The topological polar surface area (TPSA) is 471 Å². The van der Waals surface area contributed by atoms with E-state index in [1.165, 1.54) is 6.61 Å². The van der Waals surface area contributed by atoms with E-state index in [-0.39, 0.29) is 43.8 Å². The monoisotopic (exact) mass is 2230 g/mol. The van der Waals surface area contributed by atoms with Gasteiger partial charge in [0.2, 0.25) is 12.9 Å². The van der Waals surface area contributed by atoms with Gasteiger partial charge in [-0.1, -0.05) is 181 Å². The summed E-state index contributed by atoms with van der Waals surface area (Å²) in [6.07, 6.45) is -59.4. The summed E-state index contributed by atoms with van der Waals surface area (Å²) in [5, 5.41) is 185. The molecular weight excluding hydrogens is 2150 g/mol. The molecule has 0 radical (unpaired) electrons. The number of alkyl halides is 8. The van der Waals surface area contributed by atoms with Gasteiger partial charge in [-0.2, -0.15) is 4.74 Å². The Morgan fingerprint density at radius 2 is 0.413 bits per heavy atom. The third-order valence-corrected chi connectivity index (χ3v) is 24.6. The van der Waals surface area contributed by atoms with Gasteiger partial charge in [0.15, 0.2) is 44.0 Å². The van der Waals surface area contributed by atoms with Gasteiger partial charge in [0.1, 0.15) is 141 Å². The molecule has 92 heavy (non-hydrogen) atoms. The highest BCUT2D eigenvalue weighted by Crippen LogP contribution is 2.41. The number of hydrogen-bond acceptors (Lipinski definition) is 32. The van der Waals surface area contributed by atoms with Crippen LogP contribution in [-0.2, 0) is 75.8 Å². The van der Waals surface area contributed by atoms with Gasteiger partial charge in [0.05, 0.1) is 54.9 Å². The molecule has 0 aliphatic carbocycles. The molecule has 0 aromatic rings. The summed E-state index contributed by atoms with van der Waals surface area (Å²) in [4.78, 5) is 0. The second kappa shape index (κ2) is 36.6. The smallest absolute Gasteiger partial charge is 0.237 e. The van der Waals surface area contributed by atoms with E-state index < -0.39 is 245 Å². The second-order valence-corrected chi connectivity index (χ2v) is 30.6. The molecule has 16 bridgehead atoms. The molecule has 27 fully saturated rings. The van der Waals surface area contributed by atoms with Crippen molar-refractivity contribution in [1.29, 1.82) is 0 Å². The van der Waals surface area contributed by atoms with Crippen LogP contribution in [0.1, 0.15) is 19.3 Å². The summed E-state index contributed by atoms with van der Waals surface area (Å²) in [6.45, 7) is 1.36. The van der Waals surface area contributed by atoms with Gasteiger partial charge in [-0.25, -0.2) is 0 Å². The zero-order chi connectivity index (χ0) is 66.9. The summed E-state index contributed by atoms with van der Waals surface area (Å²) in [5.41, 5.74) is 0. The van der Waals surface area contributed by atoms with Crippen molar-refractivity contribution in [1.82, 2.24) is 0 Å². The van der Waals surface area contributed by atoms with E-state index in [0.717, 1.165) is 0 Å². The maximum atomic E-state index is 11.7. The molecular formula is C52H79I8O32+. The van der Waals surface area contributed by atoms with Crippen molar-refractivity contribution in [2.24, 2.45) is 5.92 Å². The van der Waals surface area contributed by atoms with Crippen molar-refractivity contribution in [3.8, 4) is 0 Å². The molecule has 0 spiro atoms. The van der Waals surface area contributed by atoms with Crippen molar-refractivity contribution >= 4 is 181 Å². The molecule has 40 atom stereocenters. The van der Waals surface area contributed by atoms with Crippen LogP contribution >= 0.6 is 181 Å². The number of rotatable bonds is 8. The maximum absolute atomic E-state index is 11.7. The number of halogens is 8. The molecule has 0 saturated carbocycles. The fraction of sp³-hybridized carbons (Fsp3) is 0.981. The van der Waals surface area contributed by atoms with Gasteiger partial charge >= 0.3 is 0 Å². The third-order valence-electron chi connectivity index (χ3n) is 17.7. The Morgan fingerprint density at radius 1 is 0.228 bits per heavy atom. The van der Waals surface area contributed by atoms with E-state index in [4.69, 9.17) is 75.8 Å². The largest absolute Gasteiger partial charge is 0.390 e. The fourth-order valence-corrected chi connectivity index (χ4v) is 18.3. The summed E-state index contributed by atoms with van der Waals surface area (Å²) in [6, 6.07) is 0. The highest BCUT2D eigenvalue weighted by molar-refractivity contribution is 14.1. The summed E-state index contributed by atoms with van der Waals surface area (Å²) >= 11 is 15.6. The van der Waals surface area contributed by atoms with Crippen molar-refractivity contribution < 1.29 is 157 Å². The third kappa shape index (κ3) is 17.6. The Balaban J connectivity index is 0.933. The van der Waals surface area contributed by atoms with Crippen LogP contribution < -0.4 is 0 Å². The van der Waals surface area contributed by atoms with E-state index in [1.807, 2.05) is 158 Å². The molecule has 0 aromatic carbocycles. The van der Waals surface area contributed by atoms with Crippen LogP contribution in [0.4, 0.5) is 0 Å². The van der Waals surface area contributed by atoms with Gasteiger partial charge in [0, 0.05) is 41.3 Å². The lowest BCUT2D eigenvalue weighted by Gasteiger charge is -2.50. The normalized spacial score (nSPS) is 53.9. The quantitative estimate of drug-likeness (QED) is 0.0621. The Kier molecular flexibility index (Phi) is 32.1. The molecule has 27 aliphatic heterocycles. The average Bonchev–Trinajstić information content (AvgIpc) is 0.813. The molecule has 0 amide bonds. The molecule has 0 aromatic heterocycles. The minimum absolute atomic E-state index is 0.0524. The summed E-state index contributed by atoms with van der Waals surface area (Å²) in [7, 11) is 0. The first kappa shape index (κ1) is 80.5. The first-order valence-electron chi connectivity index (χ1n) is 29.6. The fourth-order valence-electron chi connectivity index (χ4n) is 12.5. The molecule has 40 heteroatoms. The van der Waals surface area contributed by atoms with Crippen molar-refractivity contribution in [3.05, 3.63) is 6.61 Å². The molecule has 16 N–H and O–H groups in total. The predicted molar refractivity (Wildman–Crippen MR) is 373 cm³/mol. The lowest BCUT2D eigenvalue weighted by atomic mass is 9.85. The molecule has 27 rings (SSSR count). The predicted octanol–water partition coefficient (Wildman–Crippen LogP) is -4.29. The Labute approximate surface area is 637 Å². The van der Waals surface area contributed by atoms with Crippen LogP contribution in [0.2, 0.25) is 0 Å². The minimum atomic E-state index is -1.94. The first-order chi connectivity index (χ1) is 43.9. The average molecular weight is 2230 g/mol. The maximum Gasteiger partial charge on any atom is 0.237 e. The summed E-state index contributed by atoms with van der Waals surface area (Å²) < 4.78 is 98.6. The van der Waals surface area contributed by atoms with Crippen molar-refractivity contribution in [3.63, 3.8) is 0 Å².